The lowest BCUT2D eigenvalue weighted by molar-refractivity contribution is 0.0741. The van der Waals surface area contributed by atoms with Crippen molar-refractivity contribution >= 4 is 17.5 Å². The summed E-state index contributed by atoms with van der Waals surface area (Å²) >= 11 is 6.07. The number of rotatable bonds is 8. The number of fused-ring (bicyclic) bond motifs is 1. The summed E-state index contributed by atoms with van der Waals surface area (Å²) in [6.45, 7) is 5.62. The van der Waals surface area contributed by atoms with E-state index in [2.05, 4.69) is 36.2 Å². The topological polar surface area (TPSA) is 58.2 Å². The van der Waals surface area contributed by atoms with Crippen LogP contribution in [0.5, 0.6) is 5.75 Å². The van der Waals surface area contributed by atoms with Gasteiger partial charge in [0.2, 0.25) is 0 Å². The molecule has 0 aliphatic carbocycles. The first-order valence-corrected chi connectivity index (χ1v) is 10.9. The lowest BCUT2D eigenvalue weighted by Crippen LogP contribution is -2.30. The van der Waals surface area contributed by atoms with Crippen molar-refractivity contribution < 1.29 is 9.53 Å². The minimum Gasteiger partial charge on any atom is -0.494 e. The molecule has 0 fully saturated rings. The Morgan fingerprint density at radius 2 is 1.80 bits per heavy atom. The van der Waals surface area contributed by atoms with Crippen molar-refractivity contribution in [1.29, 1.82) is 0 Å². The van der Waals surface area contributed by atoms with Gasteiger partial charge in [-0.05, 0) is 42.7 Å². The van der Waals surface area contributed by atoms with Crippen molar-refractivity contribution in [2.24, 2.45) is 0 Å². The third-order valence-electron chi connectivity index (χ3n) is 5.40. The molecule has 30 heavy (non-hydrogen) atoms. The fraction of sp³-hybridized carbons (Fsp3) is 0.333. The second-order valence-corrected chi connectivity index (χ2v) is 7.98. The van der Waals surface area contributed by atoms with Gasteiger partial charge in [0.25, 0.3) is 5.91 Å². The summed E-state index contributed by atoms with van der Waals surface area (Å²) in [6, 6.07) is 15.5. The first kappa shape index (κ1) is 20.5. The van der Waals surface area contributed by atoms with E-state index >= 15 is 0 Å². The second kappa shape index (κ2) is 8.92. The Morgan fingerprint density at radius 1 is 1.07 bits per heavy atom. The summed E-state index contributed by atoms with van der Waals surface area (Å²) in [7, 11) is 0. The van der Waals surface area contributed by atoms with Gasteiger partial charge in [-0.2, -0.15) is 5.10 Å². The van der Waals surface area contributed by atoms with Crippen molar-refractivity contribution in [3.8, 4) is 17.0 Å². The third-order valence-corrected chi connectivity index (χ3v) is 5.65. The molecule has 1 amide bonds. The molecule has 1 unspecified atom stereocenters. The van der Waals surface area contributed by atoms with Crippen molar-refractivity contribution in [3.63, 3.8) is 0 Å². The van der Waals surface area contributed by atoms with Crippen molar-refractivity contribution in [1.82, 2.24) is 15.1 Å². The van der Waals surface area contributed by atoms with E-state index in [4.69, 9.17) is 16.3 Å². The number of nitrogens with zero attached hydrogens (tertiary/aromatic N) is 2. The highest BCUT2D eigenvalue weighted by Crippen LogP contribution is 2.43. The zero-order valence-electron chi connectivity index (χ0n) is 17.3. The van der Waals surface area contributed by atoms with E-state index in [1.54, 1.807) is 0 Å². The number of nitrogens with one attached hydrogen (secondary N) is 1. The molecule has 1 aliphatic rings. The predicted octanol–water partition coefficient (Wildman–Crippen LogP) is 5.86. The van der Waals surface area contributed by atoms with Gasteiger partial charge in [0, 0.05) is 22.7 Å². The van der Waals surface area contributed by atoms with E-state index in [9.17, 15) is 4.79 Å². The highest BCUT2D eigenvalue weighted by atomic mass is 35.5. The van der Waals surface area contributed by atoms with E-state index in [0.717, 1.165) is 47.4 Å². The molecule has 0 saturated heterocycles. The predicted molar refractivity (Wildman–Crippen MR) is 119 cm³/mol. The lowest BCUT2D eigenvalue weighted by Gasteiger charge is -2.26. The van der Waals surface area contributed by atoms with Crippen molar-refractivity contribution in [2.75, 3.05) is 13.2 Å². The zero-order chi connectivity index (χ0) is 21.1. The standard InChI is InChI=1S/C24H26ClN3O2/c1-3-5-14-28-23(17-8-12-19(13-9-17)30-15-4-2)20-21(26-27-22(20)24(28)29)16-6-10-18(25)11-7-16/h6-13,23H,3-5,14-15H2,1-2H3,(H,26,27). The Kier molecular flexibility index (Phi) is 6.09. The van der Waals surface area contributed by atoms with Gasteiger partial charge in [-0.15, -0.1) is 0 Å². The molecule has 0 saturated carbocycles. The fourth-order valence-corrected chi connectivity index (χ4v) is 4.02. The Bertz CT molecular complexity index is 1010. The van der Waals surface area contributed by atoms with Gasteiger partial charge in [-0.1, -0.05) is 56.1 Å². The maximum Gasteiger partial charge on any atom is 0.273 e. The zero-order valence-corrected chi connectivity index (χ0v) is 18.1. The molecule has 4 rings (SSSR count). The van der Waals surface area contributed by atoms with Crippen LogP contribution < -0.4 is 4.74 Å². The van der Waals surface area contributed by atoms with Crippen LogP contribution in [0, 0.1) is 0 Å². The van der Waals surface area contributed by atoms with Crippen LogP contribution in [0.1, 0.15) is 60.8 Å². The van der Waals surface area contributed by atoms with Gasteiger partial charge in [0.15, 0.2) is 0 Å². The summed E-state index contributed by atoms with van der Waals surface area (Å²) in [4.78, 5) is 15.2. The summed E-state index contributed by atoms with van der Waals surface area (Å²) in [6.07, 6.45) is 2.94. The molecule has 5 nitrogen and oxygen atoms in total. The number of halogens is 1. The minimum atomic E-state index is -0.177. The number of amides is 1. The molecular formula is C24H26ClN3O2. The lowest BCUT2D eigenvalue weighted by atomic mass is 9.96. The van der Waals surface area contributed by atoms with Crippen molar-refractivity contribution in [2.45, 2.75) is 39.2 Å². The van der Waals surface area contributed by atoms with Crippen LogP contribution in [0.25, 0.3) is 11.3 Å². The largest absolute Gasteiger partial charge is 0.494 e. The summed E-state index contributed by atoms with van der Waals surface area (Å²) in [5.74, 6) is 0.845. The van der Waals surface area contributed by atoms with Gasteiger partial charge in [-0.25, -0.2) is 0 Å². The Hall–Kier alpha value is -2.79. The maximum atomic E-state index is 13.2. The quantitative estimate of drug-likeness (QED) is 0.493. The second-order valence-electron chi connectivity index (χ2n) is 7.54. The molecule has 1 aliphatic heterocycles. The van der Waals surface area contributed by atoms with Crippen LogP contribution in [0.3, 0.4) is 0 Å². The number of hydrogen-bond acceptors (Lipinski definition) is 3. The van der Waals surface area contributed by atoms with Crippen LogP contribution >= 0.6 is 11.6 Å². The van der Waals surface area contributed by atoms with E-state index in [1.807, 2.05) is 41.3 Å². The van der Waals surface area contributed by atoms with E-state index in [1.165, 1.54) is 0 Å². The maximum absolute atomic E-state index is 13.2. The monoisotopic (exact) mass is 423 g/mol. The van der Waals surface area contributed by atoms with Crippen LogP contribution in [0.2, 0.25) is 5.02 Å². The molecule has 3 aromatic rings. The molecule has 1 N–H and O–H groups in total. The molecular weight excluding hydrogens is 398 g/mol. The smallest absolute Gasteiger partial charge is 0.273 e. The Balaban J connectivity index is 1.76. The number of unbranched alkanes of at least 4 members (excludes halogenated alkanes) is 1. The SMILES string of the molecule is CCCCN1C(=O)c2[nH]nc(-c3ccc(Cl)cc3)c2C1c1ccc(OCCC)cc1. The number of aromatic amines is 1. The molecule has 156 valence electrons. The van der Waals surface area contributed by atoms with Crippen LogP contribution in [-0.4, -0.2) is 34.2 Å². The van der Waals surface area contributed by atoms with E-state index in [0.29, 0.717) is 23.9 Å². The van der Waals surface area contributed by atoms with Crippen LogP contribution in [0.4, 0.5) is 0 Å². The number of ether oxygens (including phenoxy) is 1. The summed E-state index contributed by atoms with van der Waals surface area (Å²) in [5.41, 5.74) is 4.30. The Morgan fingerprint density at radius 3 is 2.47 bits per heavy atom. The van der Waals surface area contributed by atoms with Crippen molar-refractivity contribution in [3.05, 3.63) is 70.4 Å². The number of benzene rings is 2. The third kappa shape index (κ3) is 3.82. The average Bonchev–Trinajstić information content (AvgIpc) is 3.31. The van der Waals surface area contributed by atoms with Gasteiger partial charge < -0.3 is 9.64 Å². The Labute approximate surface area is 182 Å². The molecule has 2 heterocycles. The summed E-state index contributed by atoms with van der Waals surface area (Å²) in [5, 5.41) is 8.16. The molecule has 6 heteroatoms. The molecule has 2 aromatic carbocycles. The normalized spacial score (nSPS) is 15.5. The molecule has 0 bridgehead atoms. The van der Waals surface area contributed by atoms with E-state index in [-0.39, 0.29) is 11.9 Å². The van der Waals surface area contributed by atoms with Gasteiger partial charge in [-0.3, -0.25) is 9.89 Å². The first-order chi connectivity index (χ1) is 14.6. The average molecular weight is 424 g/mol. The molecule has 0 radical (unpaired) electrons. The van der Waals surface area contributed by atoms with Crippen LogP contribution in [0.15, 0.2) is 48.5 Å². The van der Waals surface area contributed by atoms with Gasteiger partial charge in [0.1, 0.15) is 11.4 Å². The molecule has 1 aromatic heterocycles. The highest BCUT2D eigenvalue weighted by Gasteiger charge is 2.41. The minimum absolute atomic E-state index is 0.00229. The van der Waals surface area contributed by atoms with Crippen LogP contribution in [-0.2, 0) is 0 Å². The van der Waals surface area contributed by atoms with Gasteiger partial charge >= 0.3 is 0 Å². The number of H-pyrrole nitrogens is 1. The number of carbonyl (C=O) groups is 1. The number of aromatic nitrogens is 2. The van der Waals surface area contributed by atoms with Gasteiger partial charge in [0.05, 0.1) is 18.3 Å². The van der Waals surface area contributed by atoms with E-state index < -0.39 is 0 Å². The first-order valence-electron chi connectivity index (χ1n) is 10.5. The number of carbonyl (C=O) groups excluding carboxylic acids is 1. The number of hydrogen-bond donors (Lipinski definition) is 1. The highest BCUT2D eigenvalue weighted by molar-refractivity contribution is 6.30. The fourth-order valence-electron chi connectivity index (χ4n) is 3.90. The molecule has 0 spiro atoms. The molecule has 1 atom stereocenters. The summed E-state index contributed by atoms with van der Waals surface area (Å²) < 4.78 is 5.73.